The van der Waals surface area contributed by atoms with Crippen molar-refractivity contribution in [3.05, 3.63) is 70.3 Å². The lowest BCUT2D eigenvalue weighted by molar-refractivity contribution is 0.472. The number of nitrogens with one attached hydrogen (secondary N) is 2. The number of rotatable bonds is 2. The van der Waals surface area contributed by atoms with Gasteiger partial charge in [-0.25, -0.2) is 5.43 Å². The molecule has 0 bridgehead atoms. The third kappa shape index (κ3) is 2.38. The lowest BCUT2D eigenvalue weighted by Gasteiger charge is -2.10. The summed E-state index contributed by atoms with van der Waals surface area (Å²) in [5.74, 6) is 0.260. The number of hydrazine groups is 1. The minimum atomic E-state index is -0.0152. The highest BCUT2D eigenvalue weighted by molar-refractivity contribution is 6.31. The van der Waals surface area contributed by atoms with Gasteiger partial charge in [-0.05, 0) is 36.8 Å². The molecule has 0 aliphatic carbocycles. The molecule has 3 rings (SSSR count). The Bertz CT molecular complexity index is 682. The fraction of sp³-hybridized carbons (Fsp3) is 0.125. The third-order valence-electron chi connectivity index (χ3n) is 3.38. The van der Waals surface area contributed by atoms with Crippen molar-refractivity contribution in [3.63, 3.8) is 0 Å². The summed E-state index contributed by atoms with van der Waals surface area (Å²) >= 11 is 6.21. The zero-order valence-electron chi connectivity index (χ0n) is 11.0. The van der Waals surface area contributed by atoms with Crippen molar-refractivity contribution in [1.29, 1.82) is 0 Å². The summed E-state index contributed by atoms with van der Waals surface area (Å²) in [6.45, 7) is 2.00. The fourth-order valence-electron chi connectivity index (χ4n) is 2.32. The van der Waals surface area contributed by atoms with Crippen LogP contribution in [0.2, 0.25) is 5.02 Å². The van der Waals surface area contributed by atoms with E-state index in [9.17, 15) is 5.11 Å². The van der Waals surface area contributed by atoms with Gasteiger partial charge in [0.15, 0.2) is 0 Å². The normalized spacial score (nSPS) is 17.7. The lowest BCUT2D eigenvalue weighted by atomic mass is 10.0. The van der Waals surface area contributed by atoms with Crippen LogP contribution in [-0.2, 0) is 0 Å². The highest BCUT2D eigenvalue weighted by Gasteiger charge is 2.20. The molecule has 0 spiro atoms. The highest BCUT2D eigenvalue weighted by Crippen LogP contribution is 2.32. The van der Waals surface area contributed by atoms with Crippen LogP contribution in [0.1, 0.15) is 22.7 Å². The first-order valence-corrected chi connectivity index (χ1v) is 6.81. The Morgan fingerprint density at radius 2 is 1.95 bits per heavy atom. The van der Waals surface area contributed by atoms with Gasteiger partial charge in [0.2, 0.25) is 0 Å². The number of halogens is 1. The second kappa shape index (κ2) is 5.19. The molecule has 0 saturated heterocycles. The van der Waals surface area contributed by atoms with Crippen LogP contribution in [0.5, 0.6) is 5.75 Å². The molecular weight excluding hydrogens is 272 g/mol. The molecule has 102 valence electrons. The van der Waals surface area contributed by atoms with Crippen molar-refractivity contribution < 1.29 is 5.11 Å². The monoisotopic (exact) mass is 286 g/mol. The standard InChI is InChI=1S/C16H15ClN2O/c1-10-6-7-16(20)12(8-10)15-9-14(18-19-15)11-4-2-3-5-13(11)17/h2-9,14,18-20H,1H3/t14-/m1/s1. The van der Waals surface area contributed by atoms with Gasteiger partial charge >= 0.3 is 0 Å². The van der Waals surface area contributed by atoms with E-state index in [0.29, 0.717) is 0 Å². The van der Waals surface area contributed by atoms with Gasteiger partial charge in [0.25, 0.3) is 0 Å². The zero-order valence-corrected chi connectivity index (χ0v) is 11.8. The van der Waals surface area contributed by atoms with E-state index in [4.69, 9.17) is 11.6 Å². The van der Waals surface area contributed by atoms with Crippen molar-refractivity contribution in [2.45, 2.75) is 13.0 Å². The zero-order chi connectivity index (χ0) is 14.1. The summed E-state index contributed by atoms with van der Waals surface area (Å²) in [5.41, 5.74) is 10.0. The van der Waals surface area contributed by atoms with E-state index in [2.05, 4.69) is 10.9 Å². The molecule has 0 fully saturated rings. The number of hydrogen-bond acceptors (Lipinski definition) is 3. The molecule has 0 saturated carbocycles. The predicted octanol–water partition coefficient (Wildman–Crippen LogP) is 3.54. The SMILES string of the molecule is Cc1ccc(O)c(C2=C[C@H](c3ccccc3Cl)NN2)c1. The van der Waals surface area contributed by atoms with Gasteiger partial charge in [0, 0.05) is 10.6 Å². The van der Waals surface area contributed by atoms with Gasteiger partial charge in [0.05, 0.1) is 11.7 Å². The van der Waals surface area contributed by atoms with Crippen LogP contribution in [0.25, 0.3) is 5.70 Å². The van der Waals surface area contributed by atoms with Crippen LogP contribution in [0.3, 0.4) is 0 Å². The summed E-state index contributed by atoms with van der Waals surface area (Å²) < 4.78 is 0. The Kier molecular flexibility index (Phi) is 3.38. The van der Waals surface area contributed by atoms with Crippen LogP contribution in [0.4, 0.5) is 0 Å². The Labute approximate surface area is 122 Å². The molecule has 0 aromatic heterocycles. The molecule has 2 aromatic rings. The van der Waals surface area contributed by atoms with E-state index < -0.39 is 0 Å². The molecule has 20 heavy (non-hydrogen) atoms. The molecule has 1 aliphatic heterocycles. The number of aromatic hydroxyl groups is 1. The molecule has 1 heterocycles. The van der Waals surface area contributed by atoms with Crippen molar-refractivity contribution in [1.82, 2.24) is 10.9 Å². The van der Waals surface area contributed by atoms with Crippen LogP contribution < -0.4 is 10.9 Å². The molecular formula is C16H15ClN2O. The fourth-order valence-corrected chi connectivity index (χ4v) is 2.58. The number of aryl methyl sites for hydroxylation is 1. The predicted molar refractivity (Wildman–Crippen MR) is 81.3 cm³/mol. The highest BCUT2D eigenvalue weighted by atomic mass is 35.5. The first-order valence-electron chi connectivity index (χ1n) is 6.43. The summed E-state index contributed by atoms with van der Waals surface area (Å²) in [7, 11) is 0. The van der Waals surface area contributed by atoms with Gasteiger partial charge in [-0.15, -0.1) is 0 Å². The quantitative estimate of drug-likeness (QED) is 0.791. The van der Waals surface area contributed by atoms with E-state index in [0.717, 1.165) is 27.4 Å². The minimum absolute atomic E-state index is 0.0152. The molecule has 3 N–H and O–H groups in total. The van der Waals surface area contributed by atoms with Crippen molar-refractivity contribution in [2.75, 3.05) is 0 Å². The van der Waals surface area contributed by atoms with Crippen LogP contribution in [0, 0.1) is 6.92 Å². The average molecular weight is 287 g/mol. The first-order chi connectivity index (χ1) is 9.65. The smallest absolute Gasteiger partial charge is 0.124 e. The Hall–Kier alpha value is -1.97. The molecule has 3 nitrogen and oxygen atoms in total. The van der Waals surface area contributed by atoms with Crippen LogP contribution >= 0.6 is 11.6 Å². The second-order valence-electron chi connectivity index (χ2n) is 4.87. The maximum absolute atomic E-state index is 9.97. The Balaban J connectivity index is 1.96. The summed E-state index contributed by atoms with van der Waals surface area (Å²) in [6.07, 6.45) is 2.02. The van der Waals surface area contributed by atoms with Crippen molar-refractivity contribution in [3.8, 4) is 5.75 Å². The molecule has 1 atom stereocenters. The molecule has 0 radical (unpaired) electrons. The molecule has 1 aliphatic rings. The first kappa shape index (κ1) is 13.0. The molecule has 0 amide bonds. The maximum atomic E-state index is 9.97. The van der Waals surface area contributed by atoms with Gasteiger partial charge < -0.3 is 10.5 Å². The second-order valence-corrected chi connectivity index (χ2v) is 5.28. The largest absolute Gasteiger partial charge is 0.507 e. The van der Waals surface area contributed by atoms with Gasteiger partial charge in [-0.3, -0.25) is 0 Å². The summed E-state index contributed by atoms with van der Waals surface area (Å²) in [4.78, 5) is 0. The number of benzene rings is 2. The summed E-state index contributed by atoms with van der Waals surface area (Å²) in [6, 6.07) is 13.2. The number of hydrogen-bond donors (Lipinski definition) is 3. The topological polar surface area (TPSA) is 44.3 Å². The van der Waals surface area contributed by atoms with Crippen LogP contribution in [-0.4, -0.2) is 5.11 Å². The Morgan fingerprint density at radius 3 is 2.75 bits per heavy atom. The molecule has 4 heteroatoms. The minimum Gasteiger partial charge on any atom is -0.507 e. The van der Waals surface area contributed by atoms with Gasteiger partial charge in [0.1, 0.15) is 5.75 Å². The number of phenols is 1. The van der Waals surface area contributed by atoms with E-state index in [1.807, 2.05) is 49.4 Å². The van der Waals surface area contributed by atoms with E-state index in [-0.39, 0.29) is 11.8 Å². The average Bonchev–Trinajstić information content (AvgIpc) is 2.91. The summed E-state index contributed by atoms with van der Waals surface area (Å²) in [5, 5.41) is 10.7. The molecule has 0 unspecified atom stereocenters. The third-order valence-corrected chi connectivity index (χ3v) is 3.72. The van der Waals surface area contributed by atoms with Gasteiger partial charge in [-0.2, -0.15) is 0 Å². The van der Waals surface area contributed by atoms with Crippen molar-refractivity contribution in [2.24, 2.45) is 0 Å². The maximum Gasteiger partial charge on any atom is 0.124 e. The van der Waals surface area contributed by atoms with E-state index in [1.54, 1.807) is 6.07 Å². The number of phenolic OH excluding ortho intramolecular Hbond substituents is 1. The van der Waals surface area contributed by atoms with Crippen LogP contribution in [0.15, 0.2) is 48.5 Å². The van der Waals surface area contributed by atoms with Crippen molar-refractivity contribution >= 4 is 17.3 Å². The van der Waals surface area contributed by atoms with E-state index >= 15 is 0 Å². The Morgan fingerprint density at radius 1 is 1.15 bits per heavy atom. The van der Waals surface area contributed by atoms with E-state index in [1.165, 1.54) is 0 Å². The lowest BCUT2D eigenvalue weighted by Crippen LogP contribution is -2.26. The van der Waals surface area contributed by atoms with Gasteiger partial charge in [-0.1, -0.05) is 41.4 Å². The molecule has 2 aromatic carbocycles.